The third kappa shape index (κ3) is 3.49. The molecule has 3 heteroatoms. The number of carbonyl (C=O) groups is 1. The first-order valence-corrected chi connectivity index (χ1v) is 7.36. The van der Waals surface area contributed by atoms with E-state index < -0.39 is 0 Å². The van der Waals surface area contributed by atoms with E-state index in [9.17, 15) is 4.79 Å². The number of amides is 1. The van der Waals surface area contributed by atoms with Gasteiger partial charge in [-0.1, -0.05) is 18.9 Å². The molecule has 0 aliphatic carbocycles. The van der Waals surface area contributed by atoms with Gasteiger partial charge in [-0.2, -0.15) is 0 Å². The minimum atomic E-state index is 0.179. The standard InChI is InChI=1S/C16H24N2O/c1-3-17-15-12-13(2)8-9-14(15)16(19)18-10-6-4-5-7-11-18/h8-9,12,17H,3-7,10-11H2,1-2H3. The Kier molecular flexibility index (Phi) is 4.83. The molecule has 0 bridgehead atoms. The Morgan fingerprint density at radius 1 is 1.21 bits per heavy atom. The lowest BCUT2D eigenvalue weighted by Crippen LogP contribution is -2.32. The van der Waals surface area contributed by atoms with Gasteiger partial charge in [0.25, 0.3) is 5.91 Å². The highest BCUT2D eigenvalue weighted by Crippen LogP contribution is 2.21. The van der Waals surface area contributed by atoms with Crippen LogP contribution < -0.4 is 5.32 Å². The molecule has 0 atom stereocenters. The summed E-state index contributed by atoms with van der Waals surface area (Å²) in [6.45, 7) is 6.75. The van der Waals surface area contributed by atoms with Gasteiger partial charge in [0, 0.05) is 25.3 Å². The molecule has 3 nitrogen and oxygen atoms in total. The van der Waals surface area contributed by atoms with Crippen molar-refractivity contribution in [1.29, 1.82) is 0 Å². The first kappa shape index (κ1) is 13.9. The molecule has 19 heavy (non-hydrogen) atoms. The number of benzene rings is 1. The maximum atomic E-state index is 12.6. The highest BCUT2D eigenvalue weighted by atomic mass is 16.2. The zero-order valence-electron chi connectivity index (χ0n) is 12.0. The van der Waals surface area contributed by atoms with Crippen LogP contribution >= 0.6 is 0 Å². The number of rotatable bonds is 3. The van der Waals surface area contributed by atoms with Crippen molar-refractivity contribution < 1.29 is 4.79 Å². The molecule has 1 aromatic rings. The lowest BCUT2D eigenvalue weighted by molar-refractivity contribution is 0.0762. The van der Waals surface area contributed by atoms with Crippen LogP contribution in [0.15, 0.2) is 18.2 Å². The van der Waals surface area contributed by atoms with Crippen LogP contribution in [0.2, 0.25) is 0 Å². The summed E-state index contributed by atoms with van der Waals surface area (Å²) in [5, 5.41) is 3.31. The van der Waals surface area contributed by atoms with Crippen LogP contribution in [0.25, 0.3) is 0 Å². The van der Waals surface area contributed by atoms with E-state index in [1.165, 1.54) is 18.4 Å². The quantitative estimate of drug-likeness (QED) is 0.903. The topological polar surface area (TPSA) is 32.3 Å². The fourth-order valence-electron chi connectivity index (χ4n) is 2.63. The van der Waals surface area contributed by atoms with Crippen molar-refractivity contribution in [3.63, 3.8) is 0 Å². The Bertz CT molecular complexity index is 434. The summed E-state index contributed by atoms with van der Waals surface area (Å²) in [4.78, 5) is 14.7. The lowest BCUT2D eigenvalue weighted by atomic mass is 10.1. The second-order valence-electron chi connectivity index (χ2n) is 5.29. The predicted octanol–water partition coefficient (Wildman–Crippen LogP) is 3.44. The summed E-state index contributed by atoms with van der Waals surface area (Å²) in [5.74, 6) is 0.179. The van der Waals surface area contributed by atoms with Gasteiger partial charge in [0.1, 0.15) is 0 Å². The van der Waals surface area contributed by atoms with Gasteiger partial charge in [-0.15, -0.1) is 0 Å². The summed E-state index contributed by atoms with van der Waals surface area (Å²) in [7, 11) is 0. The lowest BCUT2D eigenvalue weighted by Gasteiger charge is -2.22. The Balaban J connectivity index is 2.21. The highest BCUT2D eigenvalue weighted by Gasteiger charge is 2.19. The van der Waals surface area contributed by atoms with Crippen LogP contribution in [0.4, 0.5) is 5.69 Å². The number of aryl methyl sites for hydroxylation is 1. The van der Waals surface area contributed by atoms with Crippen molar-refractivity contribution in [2.45, 2.75) is 39.5 Å². The Labute approximate surface area is 116 Å². The van der Waals surface area contributed by atoms with Crippen LogP contribution in [-0.2, 0) is 0 Å². The zero-order chi connectivity index (χ0) is 13.7. The number of likely N-dealkylation sites (tertiary alicyclic amines) is 1. The number of nitrogens with zero attached hydrogens (tertiary/aromatic N) is 1. The average molecular weight is 260 g/mol. The van der Waals surface area contributed by atoms with E-state index in [0.29, 0.717) is 0 Å². The number of hydrogen-bond acceptors (Lipinski definition) is 2. The van der Waals surface area contributed by atoms with E-state index >= 15 is 0 Å². The molecule has 1 N–H and O–H groups in total. The summed E-state index contributed by atoms with van der Waals surface area (Å²) in [6.07, 6.45) is 4.76. The molecule has 1 fully saturated rings. The van der Waals surface area contributed by atoms with Gasteiger partial charge in [0.2, 0.25) is 0 Å². The van der Waals surface area contributed by atoms with E-state index in [2.05, 4.69) is 25.2 Å². The maximum absolute atomic E-state index is 12.6. The predicted molar refractivity (Wildman–Crippen MR) is 79.7 cm³/mol. The van der Waals surface area contributed by atoms with Crippen LogP contribution in [0, 0.1) is 6.92 Å². The summed E-state index contributed by atoms with van der Waals surface area (Å²) in [5.41, 5.74) is 2.97. The monoisotopic (exact) mass is 260 g/mol. The van der Waals surface area contributed by atoms with Gasteiger partial charge in [-0.25, -0.2) is 0 Å². The van der Waals surface area contributed by atoms with Gasteiger partial charge < -0.3 is 10.2 Å². The third-order valence-corrected chi connectivity index (χ3v) is 3.67. The smallest absolute Gasteiger partial charge is 0.255 e. The van der Waals surface area contributed by atoms with Crippen molar-refractivity contribution >= 4 is 11.6 Å². The number of carbonyl (C=O) groups excluding carboxylic acids is 1. The summed E-state index contributed by atoms with van der Waals surface area (Å²) < 4.78 is 0. The number of hydrogen-bond donors (Lipinski definition) is 1. The number of nitrogens with one attached hydrogen (secondary N) is 1. The van der Waals surface area contributed by atoms with Crippen molar-refractivity contribution in [2.75, 3.05) is 25.0 Å². The van der Waals surface area contributed by atoms with Gasteiger partial charge in [0.05, 0.1) is 5.56 Å². The second-order valence-corrected chi connectivity index (χ2v) is 5.29. The first-order chi connectivity index (χ1) is 9.22. The average Bonchev–Trinajstić information content (AvgIpc) is 2.67. The van der Waals surface area contributed by atoms with Crippen LogP contribution in [-0.4, -0.2) is 30.4 Å². The van der Waals surface area contributed by atoms with Crippen molar-refractivity contribution in [2.24, 2.45) is 0 Å². The van der Waals surface area contributed by atoms with Gasteiger partial charge in [-0.3, -0.25) is 4.79 Å². The van der Waals surface area contributed by atoms with Gasteiger partial charge >= 0.3 is 0 Å². The normalized spacial score (nSPS) is 16.0. The van der Waals surface area contributed by atoms with E-state index in [1.54, 1.807) is 0 Å². The van der Waals surface area contributed by atoms with E-state index in [4.69, 9.17) is 0 Å². The van der Waals surface area contributed by atoms with E-state index in [1.807, 2.05) is 17.0 Å². The van der Waals surface area contributed by atoms with Crippen LogP contribution in [0.3, 0.4) is 0 Å². The number of anilines is 1. The van der Waals surface area contributed by atoms with E-state index in [-0.39, 0.29) is 5.91 Å². The third-order valence-electron chi connectivity index (χ3n) is 3.67. The molecule has 0 spiro atoms. The SMILES string of the molecule is CCNc1cc(C)ccc1C(=O)N1CCCCCC1. The molecule has 0 aromatic heterocycles. The molecule has 0 unspecified atom stereocenters. The van der Waals surface area contributed by atoms with Crippen molar-refractivity contribution in [3.05, 3.63) is 29.3 Å². The molecule has 1 aliphatic rings. The maximum Gasteiger partial charge on any atom is 0.255 e. The molecule has 1 saturated heterocycles. The molecule has 1 aliphatic heterocycles. The Hall–Kier alpha value is -1.51. The fourth-order valence-corrected chi connectivity index (χ4v) is 2.63. The van der Waals surface area contributed by atoms with Crippen LogP contribution in [0.1, 0.15) is 48.5 Å². The second kappa shape index (κ2) is 6.60. The summed E-state index contributed by atoms with van der Waals surface area (Å²) in [6, 6.07) is 6.04. The zero-order valence-corrected chi connectivity index (χ0v) is 12.0. The largest absolute Gasteiger partial charge is 0.385 e. The molecule has 1 aromatic carbocycles. The van der Waals surface area contributed by atoms with Gasteiger partial charge in [-0.05, 0) is 44.4 Å². The molecule has 104 valence electrons. The molecule has 1 heterocycles. The Morgan fingerprint density at radius 2 is 1.89 bits per heavy atom. The first-order valence-electron chi connectivity index (χ1n) is 7.36. The van der Waals surface area contributed by atoms with E-state index in [0.717, 1.165) is 43.7 Å². The Morgan fingerprint density at radius 3 is 2.53 bits per heavy atom. The minimum Gasteiger partial charge on any atom is -0.385 e. The fraction of sp³-hybridized carbons (Fsp3) is 0.562. The molecule has 2 rings (SSSR count). The van der Waals surface area contributed by atoms with Crippen molar-refractivity contribution in [3.8, 4) is 0 Å². The van der Waals surface area contributed by atoms with Crippen molar-refractivity contribution in [1.82, 2.24) is 4.90 Å². The molecule has 1 amide bonds. The minimum absolute atomic E-state index is 0.179. The summed E-state index contributed by atoms with van der Waals surface area (Å²) >= 11 is 0. The molecular weight excluding hydrogens is 236 g/mol. The van der Waals surface area contributed by atoms with Crippen LogP contribution in [0.5, 0.6) is 0 Å². The van der Waals surface area contributed by atoms with Gasteiger partial charge in [0.15, 0.2) is 0 Å². The highest BCUT2D eigenvalue weighted by molar-refractivity contribution is 5.99. The molecule has 0 saturated carbocycles. The molecular formula is C16H24N2O. The molecule has 0 radical (unpaired) electrons.